The van der Waals surface area contributed by atoms with Crippen LogP contribution >= 0.6 is 0 Å². The lowest BCUT2D eigenvalue weighted by Crippen LogP contribution is -2.36. The first-order valence-electron chi connectivity index (χ1n) is 8.12. The zero-order valence-corrected chi connectivity index (χ0v) is 14.3. The van der Waals surface area contributed by atoms with E-state index in [2.05, 4.69) is 18.9 Å². The van der Waals surface area contributed by atoms with E-state index in [0.29, 0.717) is 11.3 Å². The van der Waals surface area contributed by atoms with Gasteiger partial charge in [0, 0.05) is 11.4 Å². The number of benzene rings is 1. The molecule has 0 unspecified atom stereocenters. The molecule has 1 heterocycles. The Morgan fingerprint density at radius 3 is 2.38 bits per heavy atom. The molecule has 1 aromatic carbocycles. The summed E-state index contributed by atoms with van der Waals surface area (Å²) >= 11 is 0. The zero-order valence-electron chi connectivity index (χ0n) is 14.3. The van der Waals surface area contributed by atoms with E-state index in [1.54, 1.807) is 24.3 Å². The van der Waals surface area contributed by atoms with Crippen LogP contribution in [0.2, 0.25) is 0 Å². The highest BCUT2D eigenvalue weighted by atomic mass is 16.4. The van der Waals surface area contributed by atoms with Crippen LogP contribution < -0.4 is 4.90 Å². The molecule has 0 bridgehead atoms. The summed E-state index contributed by atoms with van der Waals surface area (Å²) in [5.41, 5.74) is 1.76. The number of carbonyl (C=O) groups is 2. The highest BCUT2D eigenvalue weighted by molar-refractivity contribution is 6.08. The number of carboxylic acids is 1. The second kappa shape index (κ2) is 7.77. The highest BCUT2D eigenvalue weighted by Crippen LogP contribution is 2.22. The maximum Gasteiger partial charge on any atom is 0.323 e. The molecule has 1 aromatic heterocycles. The summed E-state index contributed by atoms with van der Waals surface area (Å²) in [5.74, 6) is -1.41. The van der Waals surface area contributed by atoms with Crippen LogP contribution in [-0.2, 0) is 4.79 Å². The number of aliphatic carboxylic acids is 1. The van der Waals surface area contributed by atoms with Gasteiger partial charge in [0.1, 0.15) is 6.54 Å². The van der Waals surface area contributed by atoms with Crippen molar-refractivity contribution in [2.45, 2.75) is 39.7 Å². The SMILES string of the molecule is CCC(CC)n1ncc(C(=O)N(CC(=O)O)c2ccccc2)c1C. The van der Waals surface area contributed by atoms with E-state index in [9.17, 15) is 9.59 Å². The van der Waals surface area contributed by atoms with Crippen LogP contribution in [0.5, 0.6) is 0 Å². The van der Waals surface area contributed by atoms with Crippen LogP contribution in [-0.4, -0.2) is 33.3 Å². The summed E-state index contributed by atoms with van der Waals surface area (Å²) in [4.78, 5) is 25.4. The van der Waals surface area contributed by atoms with E-state index in [4.69, 9.17) is 5.11 Å². The third kappa shape index (κ3) is 3.64. The molecule has 24 heavy (non-hydrogen) atoms. The van der Waals surface area contributed by atoms with Crippen LogP contribution in [0.15, 0.2) is 36.5 Å². The molecule has 0 aliphatic carbocycles. The van der Waals surface area contributed by atoms with Crippen LogP contribution in [0.25, 0.3) is 0 Å². The Balaban J connectivity index is 2.39. The molecule has 6 nitrogen and oxygen atoms in total. The summed E-state index contributed by atoms with van der Waals surface area (Å²) in [7, 11) is 0. The van der Waals surface area contributed by atoms with Crippen molar-refractivity contribution in [2.75, 3.05) is 11.4 Å². The number of nitrogens with zero attached hydrogens (tertiary/aromatic N) is 3. The van der Waals surface area contributed by atoms with Gasteiger partial charge in [0.25, 0.3) is 5.91 Å². The lowest BCUT2D eigenvalue weighted by Gasteiger charge is -2.21. The smallest absolute Gasteiger partial charge is 0.323 e. The molecule has 2 aromatic rings. The monoisotopic (exact) mass is 329 g/mol. The average molecular weight is 329 g/mol. The molecule has 128 valence electrons. The molecule has 6 heteroatoms. The second-order valence-electron chi connectivity index (χ2n) is 5.68. The van der Waals surface area contributed by atoms with Gasteiger partial charge in [-0.1, -0.05) is 32.0 Å². The minimum Gasteiger partial charge on any atom is -0.480 e. The number of para-hydroxylation sites is 1. The first-order chi connectivity index (χ1) is 11.5. The van der Waals surface area contributed by atoms with Gasteiger partial charge in [-0.2, -0.15) is 5.10 Å². The number of rotatable bonds is 7. The van der Waals surface area contributed by atoms with Gasteiger partial charge in [-0.25, -0.2) is 0 Å². The van der Waals surface area contributed by atoms with Crippen molar-refractivity contribution in [3.63, 3.8) is 0 Å². The number of hydrogen-bond acceptors (Lipinski definition) is 3. The number of anilines is 1. The number of carbonyl (C=O) groups excluding carboxylic acids is 1. The molecule has 0 spiro atoms. The lowest BCUT2D eigenvalue weighted by atomic mass is 10.1. The van der Waals surface area contributed by atoms with Gasteiger partial charge in [0.05, 0.1) is 17.8 Å². The van der Waals surface area contributed by atoms with Crippen LogP contribution in [0.4, 0.5) is 5.69 Å². The zero-order chi connectivity index (χ0) is 17.7. The van der Waals surface area contributed by atoms with Gasteiger partial charge >= 0.3 is 5.97 Å². The van der Waals surface area contributed by atoms with E-state index in [1.807, 2.05) is 17.7 Å². The second-order valence-corrected chi connectivity index (χ2v) is 5.68. The molecule has 1 amide bonds. The Morgan fingerprint density at radius 1 is 1.21 bits per heavy atom. The fourth-order valence-corrected chi connectivity index (χ4v) is 2.80. The normalized spacial score (nSPS) is 10.8. The number of amides is 1. The quantitative estimate of drug-likeness (QED) is 0.846. The average Bonchev–Trinajstić information content (AvgIpc) is 2.96. The Labute approximate surface area is 141 Å². The molecular weight excluding hydrogens is 306 g/mol. The summed E-state index contributed by atoms with van der Waals surface area (Å²) < 4.78 is 1.86. The number of aromatic nitrogens is 2. The van der Waals surface area contributed by atoms with Gasteiger partial charge in [-0.15, -0.1) is 0 Å². The van der Waals surface area contributed by atoms with Crippen LogP contribution in [0, 0.1) is 6.92 Å². The third-order valence-corrected chi connectivity index (χ3v) is 4.17. The molecule has 1 N–H and O–H groups in total. The summed E-state index contributed by atoms with van der Waals surface area (Å²) in [6.45, 7) is 5.62. The number of hydrogen-bond donors (Lipinski definition) is 1. The Morgan fingerprint density at radius 2 is 1.83 bits per heavy atom. The summed E-state index contributed by atoms with van der Waals surface area (Å²) in [5, 5.41) is 13.5. The first kappa shape index (κ1) is 17.7. The third-order valence-electron chi connectivity index (χ3n) is 4.17. The van der Waals surface area contributed by atoms with Crippen molar-refractivity contribution in [3.05, 3.63) is 47.8 Å². The van der Waals surface area contributed by atoms with Gasteiger partial charge in [-0.3, -0.25) is 19.2 Å². The fraction of sp³-hybridized carbons (Fsp3) is 0.389. The minimum atomic E-state index is -1.06. The van der Waals surface area contributed by atoms with E-state index in [1.165, 1.54) is 11.1 Å². The maximum atomic E-state index is 12.9. The first-order valence-corrected chi connectivity index (χ1v) is 8.12. The molecule has 0 aliphatic rings. The molecule has 2 rings (SSSR count). The Hall–Kier alpha value is -2.63. The van der Waals surface area contributed by atoms with E-state index < -0.39 is 12.5 Å². The van der Waals surface area contributed by atoms with Crippen molar-refractivity contribution >= 4 is 17.6 Å². The van der Waals surface area contributed by atoms with Crippen molar-refractivity contribution < 1.29 is 14.7 Å². The largest absolute Gasteiger partial charge is 0.480 e. The molecule has 0 aliphatic heterocycles. The predicted molar refractivity (Wildman–Crippen MR) is 92.3 cm³/mol. The molecular formula is C18H23N3O3. The molecule has 0 saturated heterocycles. The van der Waals surface area contributed by atoms with Gasteiger partial charge < -0.3 is 5.11 Å². The van der Waals surface area contributed by atoms with Crippen molar-refractivity contribution in [3.8, 4) is 0 Å². The minimum absolute atomic E-state index is 0.233. The fourth-order valence-electron chi connectivity index (χ4n) is 2.80. The highest BCUT2D eigenvalue weighted by Gasteiger charge is 2.25. The van der Waals surface area contributed by atoms with E-state index in [-0.39, 0.29) is 11.9 Å². The van der Waals surface area contributed by atoms with Gasteiger partial charge in [0.2, 0.25) is 0 Å². The number of carboxylic acid groups (broad SMARTS) is 1. The molecule has 0 atom stereocenters. The molecule has 0 fully saturated rings. The van der Waals surface area contributed by atoms with Gasteiger partial charge in [-0.05, 0) is 31.9 Å². The van der Waals surface area contributed by atoms with Crippen LogP contribution in [0.3, 0.4) is 0 Å². The maximum absolute atomic E-state index is 12.9. The Bertz CT molecular complexity index is 706. The molecule has 0 saturated carbocycles. The predicted octanol–water partition coefficient (Wildman–Crippen LogP) is 3.28. The summed E-state index contributed by atoms with van der Waals surface area (Å²) in [6.07, 6.45) is 3.38. The van der Waals surface area contributed by atoms with Crippen molar-refractivity contribution in [2.24, 2.45) is 0 Å². The molecule has 0 radical (unpaired) electrons. The summed E-state index contributed by atoms with van der Waals surface area (Å²) in [6, 6.07) is 9.05. The van der Waals surface area contributed by atoms with Gasteiger partial charge in [0.15, 0.2) is 0 Å². The van der Waals surface area contributed by atoms with Crippen LogP contribution in [0.1, 0.15) is 48.8 Å². The van der Waals surface area contributed by atoms with E-state index >= 15 is 0 Å². The lowest BCUT2D eigenvalue weighted by molar-refractivity contribution is -0.135. The standard InChI is InChI=1S/C18H23N3O3/c1-4-14(5-2)21-13(3)16(11-19-21)18(24)20(12-17(22)23)15-9-7-6-8-10-15/h6-11,14H,4-5,12H2,1-3H3,(H,22,23). The van der Waals surface area contributed by atoms with E-state index in [0.717, 1.165) is 18.5 Å². The van der Waals surface area contributed by atoms with Crippen molar-refractivity contribution in [1.29, 1.82) is 0 Å². The Kier molecular flexibility index (Phi) is 5.73. The van der Waals surface area contributed by atoms with Crippen molar-refractivity contribution in [1.82, 2.24) is 9.78 Å². The topological polar surface area (TPSA) is 75.4 Å².